The second-order valence-corrected chi connectivity index (χ2v) is 22.2. The summed E-state index contributed by atoms with van der Waals surface area (Å²) in [6, 6.07) is 27.9. The Morgan fingerprint density at radius 2 is 1.48 bits per heavy atom. The molecule has 4 atom stereocenters. The van der Waals surface area contributed by atoms with Gasteiger partial charge in [0.05, 0.1) is 29.2 Å². The quantitative estimate of drug-likeness (QED) is 0.0199. The van der Waals surface area contributed by atoms with Gasteiger partial charge in [-0.15, -0.1) is 11.8 Å². The number of carbonyl (C=O) groups is 6. The topological polar surface area (TPSA) is 267 Å². The van der Waals surface area contributed by atoms with Crippen LogP contribution >= 0.6 is 23.5 Å². The van der Waals surface area contributed by atoms with E-state index < -0.39 is 29.9 Å². The van der Waals surface area contributed by atoms with Gasteiger partial charge in [0.15, 0.2) is 5.43 Å². The van der Waals surface area contributed by atoms with Crippen LogP contribution in [0.3, 0.4) is 0 Å². The van der Waals surface area contributed by atoms with E-state index in [4.69, 9.17) is 9.15 Å². The number of nitrogens with one attached hydrogen (secondary N) is 7. The zero-order chi connectivity index (χ0) is 56.3. The van der Waals surface area contributed by atoms with Crippen molar-refractivity contribution in [2.75, 3.05) is 44.3 Å². The number of hydrogen-bond acceptors (Lipinski definition) is 14. The van der Waals surface area contributed by atoms with E-state index in [1.54, 1.807) is 6.07 Å². The standard InChI is InChI=1S/C60H63N7O11S2/c1-34(79-33-53(71)62-25-11-3-10-24-61-52(70)17-9-8-16-51-56-48(32-80-51)65-35(2)66-56)55(67-60(76)77-31-47-41-14-6-4-12-39(41)40-13-5-7-15-42(40)47)58(73)64-27-26-63-57(72)36-18-21-43(46(28-36)59(74)75)54-44-22-19-37(68)29-49(44)78-50-30-38(69)20-23-45(50)54/h4-7,12-15,18-23,28-30,47-48,51,55-56,65-66,68H,1-3,8-11,16-17,24-27,31-33H2,(H,61,70)(H,62,71)(H,63,72)(H,64,73)(H,67,76)(H,74,75)/t48-,51-,55-,56-/m0/s1. The van der Waals surface area contributed by atoms with Crippen LogP contribution in [0.2, 0.25) is 0 Å². The van der Waals surface area contributed by atoms with E-state index in [9.17, 15) is 43.8 Å². The summed E-state index contributed by atoms with van der Waals surface area (Å²) in [7, 11) is 0. The lowest BCUT2D eigenvalue weighted by Crippen LogP contribution is -2.49. The highest BCUT2D eigenvalue weighted by molar-refractivity contribution is 8.03. The smallest absolute Gasteiger partial charge is 0.408 e. The summed E-state index contributed by atoms with van der Waals surface area (Å²) in [5.74, 6) is -1.22. The summed E-state index contributed by atoms with van der Waals surface area (Å²) in [4.78, 5) is 91.5. The van der Waals surface area contributed by atoms with Crippen LogP contribution in [-0.2, 0) is 19.1 Å². The van der Waals surface area contributed by atoms with Gasteiger partial charge in [-0.3, -0.25) is 24.0 Å². The maximum absolute atomic E-state index is 13.9. The van der Waals surface area contributed by atoms with E-state index in [0.29, 0.717) is 59.8 Å². The number of ether oxygens (including phenoxy) is 1. The predicted molar refractivity (Wildman–Crippen MR) is 310 cm³/mol. The number of hydrogen-bond donors (Lipinski definition) is 9. The van der Waals surface area contributed by atoms with E-state index in [0.717, 1.165) is 77.7 Å². The van der Waals surface area contributed by atoms with E-state index in [1.807, 2.05) is 60.3 Å². The Morgan fingerprint density at radius 1 is 0.762 bits per heavy atom. The number of aromatic hydroxyl groups is 1. The fourth-order valence-electron chi connectivity index (χ4n) is 10.5. The monoisotopic (exact) mass is 1120 g/mol. The highest BCUT2D eigenvalue weighted by Crippen LogP contribution is 2.45. The SMILES string of the molecule is C=C1N[C@H]2[C@H](CS[C@H]2CCCCC(=O)NCCCCCNC(=O)CSC(=C)[C@H](NC(=O)OCC2c3ccccc3-c3ccccc32)C(=O)NCCNC(=O)c2ccc(-c3c4ccc(=O)cc-4oc4cc(O)ccc34)c(C(=O)O)c2)N1. The van der Waals surface area contributed by atoms with Crippen molar-refractivity contribution in [1.82, 2.24) is 37.2 Å². The van der Waals surface area contributed by atoms with Gasteiger partial charge in [-0.05, 0) is 96.3 Å². The van der Waals surface area contributed by atoms with Crippen LogP contribution in [-0.4, -0.2) is 114 Å². The molecule has 3 aliphatic heterocycles. The first kappa shape index (κ1) is 56.5. The molecule has 0 saturated carbocycles. The molecule has 5 aliphatic rings. The van der Waals surface area contributed by atoms with Crippen molar-refractivity contribution in [1.29, 1.82) is 0 Å². The Hall–Kier alpha value is -8.23. The van der Waals surface area contributed by atoms with Crippen molar-refractivity contribution in [2.45, 2.75) is 74.2 Å². The van der Waals surface area contributed by atoms with Crippen molar-refractivity contribution in [3.63, 3.8) is 0 Å². The molecular formula is C60H63N7O11S2. The number of thioether (sulfide) groups is 2. The van der Waals surface area contributed by atoms with Crippen LogP contribution < -0.4 is 42.6 Å². The summed E-state index contributed by atoms with van der Waals surface area (Å²) >= 11 is 2.96. The fraction of sp³-hybridized carbons (Fsp3) is 0.317. The third-order valence-corrected chi connectivity index (χ3v) is 16.9. The molecule has 5 amide bonds. The molecule has 2 aliphatic carbocycles. The average molecular weight is 1120 g/mol. The number of fused-ring (bicyclic) bond motifs is 6. The largest absolute Gasteiger partial charge is 0.508 e. The molecule has 4 aromatic rings. The number of rotatable bonds is 25. The maximum atomic E-state index is 13.9. The van der Waals surface area contributed by atoms with Crippen LogP contribution in [0.5, 0.6) is 5.75 Å². The molecule has 4 aromatic carbocycles. The third-order valence-electron chi connectivity index (χ3n) is 14.4. The van der Waals surface area contributed by atoms with Crippen molar-refractivity contribution < 1.29 is 48.1 Å². The van der Waals surface area contributed by atoms with Crippen LogP contribution in [0, 0.1) is 0 Å². The molecular weight excluding hydrogens is 1060 g/mol. The second kappa shape index (κ2) is 26.2. The number of aromatic carboxylic acids is 1. The van der Waals surface area contributed by atoms with Gasteiger partial charge in [-0.1, -0.05) is 74.2 Å². The fourth-order valence-corrected chi connectivity index (χ4v) is 12.8. The molecule has 0 radical (unpaired) electrons. The van der Waals surface area contributed by atoms with Gasteiger partial charge in [-0.25, -0.2) is 9.59 Å². The number of phenols is 1. The first-order valence-corrected chi connectivity index (χ1v) is 28.7. The first-order valence-electron chi connectivity index (χ1n) is 26.7. The summed E-state index contributed by atoms with van der Waals surface area (Å²) < 4.78 is 11.7. The highest BCUT2D eigenvalue weighted by Gasteiger charge is 2.40. The third kappa shape index (κ3) is 13.6. The maximum Gasteiger partial charge on any atom is 0.408 e. The van der Waals surface area contributed by atoms with Crippen LogP contribution in [0.25, 0.3) is 44.5 Å². The molecule has 80 heavy (non-hydrogen) atoms. The van der Waals surface area contributed by atoms with Crippen molar-refractivity contribution in [3.8, 4) is 39.3 Å². The van der Waals surface area contributed by atoms with Gasteiger partial charge in [0.25, 0.3) is 5.91 Å². The summed E-state index contributed by atoms with van der Waals surface area (Å²) in [5.41, 5.74) is 4.85. The number of phenolic OH excluding ortho intramolecular Hbond substituents is 1. The zero-order valence-electron chi connectivity index (χ0n) is 43.9. The lowest BCUT2D eigenvalue weighted by molar-refractivity contribution is -0.122. The first-order chi connectivity index (χ1) is 38.7. The van der Waals surface area contributed by atoms with Crippen LogP contribution in [0.4, 0.5) is 4.79 Å². The molecule has 0 aromatic heterocycles. The molecule has 0 spiro atoms. The van der Waals surface area contributed by atoms with Crippen molar-refractivity contribution >= 4 is 70.2 Å². The van der Waals surface area contributed by atoms with Gasteiger partial charge in [0.2, 0.25) is 17.7 Å². The van der Waals surface area contributed by atoms with Gasteiger partial charge >= 0.3 is 12.1 Å². The minimum Gasteiger partial charge on any atom is -0.508 e. The van der Waals surface area contributed by atoms with Gasteiger partial charge in [0, 0.05) is 88.6 Å². The van der Waals surface area contributed by atoms with E-state index in [1.165, 1.54) is 48.5 Å². The second-order valence-electron chi connectivity index (χ2n) is 19.9. The molecule has 20 heteroatoms. The van der Waals surface area contributed by atoms with Crippen molar-refractivity contribution in [2.24, 2.45) is 0 Å². The summed E-state index contributed by atoms with van der Waals surface area (Å²) in [5, 5.41) is 42.3. The molecule has 2 fully saturated rings. The molecule has 9 rings (SSSR count). The number of carboxylic acids is 1. The summed E-state index contributed by atoms with van der Waals surface area (Å²) in [6.07, 6.45) is 4.74. The molecule has 416 valence electrons. The molecule has 0 bridgehead atoms. The Labute approximate surface area is 470 Å². The predicted octanol–water partition coefficient (Wildman–Crippen LogP) is 7.45. The number of carbonyl (C=O) groups excluding carboxylic acids is 5. The summed E-state index contributed by atoms with van der Waals surface area (Å²) in [6.45, 7) is 8.75. The van der Waals surface area contributed by atoms with Gasteiger partial charge < -0.3 is 56.6 Å². The number of unbranched alkanes of at least 4 members (excludes halogenated alkanes) is 3. The number of amides is 5. The van der Waals surface area contributed by atoms with Crippen LogP contribution in [0.1, 0.15) is 82.7 Å². The highest BCUT2D eigenvalue weighted by atomic mass is 32.2. The lowest BCUT2D eigenvalue weighted by Gasteiger charge is -2.21. The Balaban J connectivity index is 0.755. The van der Waals surface area contributed by atoms with E-state index in [-0.39, 0.29) is 87.3 Å². The average Bonchev–Trinajstić information content (AvgIpc) is 4.26. The normalized spacial score (nSPS) is 16.4. The zero-order valence-corrected chi connectivity index (χ0v) is 45.5. The molecule has 0 unspecified atom stereocenters. The van der Waals surface area contributed by atoms with Crippen LogP contribution in [0.15, 0.2) is 136 Å². The number of carboxylic acid groups (broad SMARTS) is 1. The molecule has 18 nitrogen and oxygen atoms in total. The minimum absolute atomic E-state index is 0.00813. The Bertz CT molecular complexity index is 3340. The van der Waals surface area contributed by atoms with Crippen molar-refractivity contribution in [3.05, 3.63) is 159 Å². The Morgan fingerprint density at radius 3 is 2.23 bits per heavy atom. The van der Waals surface area contributed by atoms with E-state index >= 15 is 0 Å². The van der Waals surface area contributed by atoms with E-state index in [2.05, 4.69) is 50.4 Å². The Kier molecular flexibility index (Phi) is 18.5. The molecule has 2 saturated heterocycles. The number of benzene rings is 5. The molecule has 9 N–H and O–H groups in total. The molecule has 3 heterocycles. The van der Waals surface area contributed by atoms with Gasteiger partial charge in [0.1, 0.15) is 29.7 Å². The number of alkyl carbamates (subject to hydrolysis) is 1. The van der Waals surface area contributed by atoms with Gasteiger partial charge in [-0.2, -0.15) is 11.8 Å². The minimum atomic E-state index is -1.36. The lowest BCUT2D eigenvalue weighted by atomic mass is 9.90.